The molecule has 0 fully saturated rings. The van der Waals surface area contributed by atoms with Crippen molar-refractivity contribution in [3.05, 3.63) is 28.2 Å². The molecule has 0 aliphatic heterocycles. The lowest BCUT2D eigenvalue weighted by molar-refractivity contribution is 0.317. The van der Waals surface area contributed by atoms with Gasteiger partial charge in [-0.3, -0.25) is 5.43 Å². The van der Waals surface area contributed by atoms with Gasteiger partial charge in [-0.2, -0.15) is 5.10 Å². The fraction of sp³-hybridized carbons (Fsp3) is 0.429. The van der Waals surface area contributed by atoms with Crippen LogP contribution >= 0.6 is 28.1 Å². The van der Waals surface area contributed by atoms with Gasteiger partial charge in [0.25, 0.3) is 0 Å². The summed E-state index contributed by atoms with van der Waals surface area (Å²) in [6.07, 6.45) is 2.66. The molecule has 110 valence electrons. The van der Waals surface area contributed by atoms with Crippen molar-refractivity contribution in [2.75, 3.05) is 6.61 Å². The maximum Gasteiger partial charge on any atom is 0.187 e. The number of rotatable bonds is 6. The van der Waals surface area contributed by atoms with E-state index in [2.05, 4.69) is 38.7 Å². The Morgan fingerprint density at radius 3 is 2.90 bits per heavy atom. The second-order valence-corrected chi connectivity index (χ2v) is 5.85. The van der Waals surface area contributed by atoms with Gasteiger partial charge in [0.05, 0.1) is 12.8 Å². The third-order valence-electron chi connectivity index (χ3n) is 2.22. The zero-order valence-corrected chi connectivity index (χ0v) is 14.3. The van der Waals surface area contributed by atoms with Gasteiger partial charge in [-0.15, -0.1) is 0 Å². The summed E-state index contributed by atoms with van der Waals surface area (Å²) in [7, 11) is 0. The Hall–Kier alpha value is -1.14. The highest BCUT2D eigenvalue weighted by Gasteiger charge is 2.02. The van der Waals surface area contributed by atoms with E-state index in [-0.39, 0.29) is 6.04 Å². The second kappa shape index (κ2) is 8.92. The summed E-state index contributed by atoms with van der Waals surface area (Å²) in [5.41, 5.74) is 3.68. The minimum absolute atomic E-state index is 0.277. The Morgan fingerprint density at radius 2 is 2.25 bits per heavy atom. The molecule has 2 N–H and O–H groups in total. The SMILES string of the molecule is CCCOc1ccc(Br)cc1/C=N\NC(=S)NC(C)C. The van der Waals surface area contributed by atoms with Gasteiger partial charge in [0.1, 0.15) is 5.75 Å². The van der Waals surface area contributed by atoms with Crippen LogP contribution < -0.4 is 15.5 Å². The highest BCUT2D eigenvalue weighted by molar-refractivity contribution is 9.10. The first-order valence-electron chi connectivity index (χ1n) is 6.54. The molecule has 0 aliphatic carbocycles. The molecule has 1 rings (SSSR count). The lowest BCUT2D eigenvalue weighted by atomic mass is 10.2. The fourth-order valence-electron chi connectivity index (χ4n) is 1.42. The molecule has 0 saturated heterocycles. The Kier molecular flexibility index (Phi) is 7.54. The Labute approximate surface area is 134 Å². The molecular weight excluding hydrogens is 338 g/mol. The number of hydrazone groups is 1. The number of hydrogen-bond acceptors (Lipinski definition) is 3. The van der Waals surface area contributed by atoms with Crippen molar-refractivity contribution in [2.45, 2.75) is 33.2 Å². The van der Waals surface area contributed by atoms with E-state index >= 15 is 0 Å². The number of halogens is 1. The average molecular weight is 358 g/mol. The maximum atomic E-state index is 5.68. The Bertz CT molecular complexity index is 477. The minimum Gasteiger partial charge on any atom is -0.493 e. The van der Waals surface area contributed by atoms with Crippen molar-refractivity contribution in [3.63, 3.8) is 0 Å². The van der Waals surface area contributed by atoms with Crippen molar-refractivity contribution in [3.8, 4) is 5.75 Å². The number of nitrogens with zero attached hydrogens (tertiary/aromatic N) is 1. The zero-order chi connectivity index (χ0) is 15.0. The first kappa shape index (κ1) is 16.9. The van der Waals surface area contributed by atoms with Gasteiger partial charge in [-0.05, 0) is 50.7 Å². The van der Waals surface area contributed by atoms with E-state index in [4.69, 9.17) is 17.0 Å². The van der Waals surface area contributed by atoms with E-state index in [9.17, 15) is 0 Å². The fourth-order valence-corrected chi connectivity index (χ4v) is 2.09. The first-order valence-corrected chi connectivity index (χ1v) is 7.75. The van der Waals surface area contributed by atoms with E-state index in [1.165, 1.54) is 0 Å². The molecule has 0 heterocycles. The largest absolute Gasteiger partial charge is 0.493 e. The van der Waals surface area contributed by atoms with Crippen molar-refractivity contribution >= 4 is 39.5 Å². The van der Waals surface area contributed by atoms with Crippen LogP contribution in [0.4, 0.5) is 0 Å². The molecule has 0 radical (unpaired) electrons. The molecule has 0 unspecified atom stereocenters. The van der Waals surface area contributed by atoms with Crippen molar-refractivity contribution < 1.29 is 4.74 Å². The van der Waals surface area contributed by atoms with Crippen LogP contribution in [0.5, 0.6) is 5.75 Å². The van der Waals surface area contributed by atoms with Crippen LogP contribution in [0.15, 0.2) is 27.8 Å². The summed E-state index contributed by atoms with van der Waals surface area (Å²) < 4.78 is 6.65. The van der Waals surface area contributed by atoms with Crippen LogP contribution in [-0.4, -0.2) is 24.0 Å². The number of nitrogens with one attached hydrogen (secondary N) is 2. The molecule has 1 aromatic rings. The smallest absolute Gasteiger partial charge is 0.187 e. The van der Waals surface area contributed by atoms with Crippen LogP contribution in [0.3, 0.4) is 0 Å². The third-order valence-corrected chi connectivity index (χ3v) is 2.93. The molecule has 20 heavy (non-hydrogen) atoms. The summed E-state index contributed by atoms with van der Waals surface area (Å²) >= 11 is 8.54. The number of hydrogen-bond donors (Lipinski definition) is 2. The van der Waals surface area contributed by atoms with Crippen LogP contribution in [-0.2, 0) is 0 Å². The summed E-state index contributed by atoms with van der Waals surface area (Å²) in [5.74, 6) is 0.809. The lowest BCUT2D eigenvalue weighted by Crippen LogP contribution is -2.36. The summed E-state index contributed by atoms with van der Waals surface area (Å²) in [6.45, 7) is 6.79. The van der Waals surface area contributed by atoms with Crippen LogP contribution in [0.25, 0.3) is 0 Å². The Morgan fingerprint density at radius 1 is 1.50 bits per heavy atom. The molecule has 0 spiro atoms. The standard InChI is InChI=1S/C14H20BrN3OS/c1-4-7-19-13-6-5-12(15)8-11(13)9-16-18-14(20)17-10(2)3/h5-6,8-10H,4,7H2,1-3H3,(H2,17,18,20)/b16-9-. The lowest BCUT2D eigenvalue weighted by Gasteiger charge is -2.10. The summed E-state index contributed by atoms with van der Waals surface area (Å²) in [5, 5.41) is 7.68. The first-order chi connectivity index (χ1) is 9.52. The van der Waals surface area contributed by atoms with Crippen molar-refractivity contribution in [1.82, 2.24) is 10.7 Å². The minimum atomic E-state index is 0.277. The van der Waals surface area contributed by atoms with E-state index in [0.717, 1.165) is 22.2 Å². The number of benzene rings is 1. The zero-order valence-electron chi connectivity index (χ0n) is 11.9. The topological polar surface area (TPSA) is 45.6 Å². The predicted octanol–water partition coefficient (Wildman–Crippen LogP) is 3.44. The normalized spacial score (nSPS) is 10.8. The van der Waals surface area contributed by atoms with Gasteiger partial charge in [-0.1, -0.05) is 22.9 Å². The number of ether oxygens (including phenoxy) is 1. The average Bonchev–Trinajstić information content (AvgIpc) is 2.37. The molecule has 0 aromatic heterocycles. The molecular formula is C14H20BrN3OS. The van der Waals surface area contributed by atoms with Crippen LogP contribution in [0.2, 0.25) is 0 Å². The molecule has 1 aromatic carbocycles. The Balaban J connectivity index is 2.69. The van der Waals surface area contributed by atoms with Gasteiger partial charge >= 0.3 is 0 Å². The molecule has 6 heteroatoms. The molecule has 0 atom stereocenters. The maximum absolute atomic E-state index is 5.68. The van der Waals surface area contributed by atoms with Gasteiger partial charge < -0.3 is 10.1 Å². The second-order valence-electron chi connectivity index (χ2n) is 4.53. The van der Waals surface area contributed by atoms with Gasteiger partial charge in [0, 0.05) is 16.1 Å². The van der Waals surface area contributed by atoms with Gasteiger partial charge in [0.2, 0.25) is 0 Å². The van der Waals surface area contributed by atoms with E-state index in [0.29, 0.717) is 11.7 Å². The monoisotopic (exact) mass is 357 g/mol. The van der Waals surface area contributed by atoms with Gasteiger partial charge in [-0.25, -0.2) is 0 Å². The van der Waals surface area contributed by atoms with Crippen LogP contribution in [0.1, 0.15) is 32.8 Å². The molecule has 4 nitrogen and oxygen atoms in total. The predicted molar refractivity (Wildman–Crippen MR) is 91.5 cm³/mol. The summed E-state index contributed by atoms with van der Waals surface area (Å²) in [4.78, 5) is 0. The van der Waals surface area contributed by atoms with E-state index in [1.54, 1.807) is 6.21 Å². The van der Waals surface area contributed by atoms with E-state index in [1.807, 2.05) is 32.0 Å². The summed E-state index contributed by atoms with van der Waals surface area (Å²) in [6, 6.07) is 6.10. The van der Waals surface area contributed by atoms with Crippen molar-refractivity contribution in [2.24, 2.45) is 5.10 Å². The van der Waals surface area contributed by atoms with Crippen LogP contribution in [0, 0.1) is 0 Å². The highest BCUT2D eigenvalue weighted by Crippen LogP contribution is 2.21. The molecule has 0 aliphatic rings. The van der Waals surface area contributed by atoms with E-state index < -0.39 is 0 Å². The molecule has 0 amide bonds. The quantitative estimate of drug-likeness (QED) is 0.465. The van der Waals surface area contributed by atoms with Gasteiger partial charge in [0.15, 0.2) is 5.11 Å². The number of thiocarbonyl (C=S) groups is 1. The highest BCUT2D eigenvalue weighted by atomic mass is 79.9. The van der Waals surface area contributed by atoms with Crippen molar-refractivity contribution in [1.29, 1.82) is 0 Å². The third kappa shape index (κ3) is 6.34. The molecule has 0 bridgehead atoms. The molecule has 0 saturated carbocycles.